The summed E-state index contributed by atoms with van der Waals surface area (Å²) in [4.78, 5) is 2.48. The predicted octanol–water partition coefficient (Wildman–Crippen LogP) is 3.75. The van der Waals surface area contributed by atoms with Crippen LogP contribution in [0.25, 0.3) is 0 Å². The van der Waals surface area contributed by atoms with Crippen LogP contribution in [0.4, 0.5) is 5.69 Å². The molecule has 2 heteroatoms. The summed E-state index contributed by atoms with van der Waals surface area (Å²) in [6.45, 7) is 4.55. The Morgan fingerprint density at radius 1 is 1.14 bits per heavy atom. The molecule has 0 aromatic heterocycles. The van der Waals surface area contributed by atoms with E-state index in [4.69, 9.17) is 0 Å². The highest BCUT2D eigenvalue weighted by Gasteiger charge is 2.12. The number of anilines is 1. The minimum atomic E-state index is 1.21. The molecule has 1 aliphatic rings. The Bertz CT molecular complexity index is 316. The van der Waals surface area contributed by atoms with Crippen molar-refractivity contribution in [2.45, 2.75) is 26.2 Å². The maximum absolute atomic E-state index is 3.64. The maximum Gasteiger partial charge on any atom is 0.0510 e. The lowest BCUT2D eigenvalue weighted by Crippen LogP contribution is -2.29. The molecule has 0 saturated carbocycles. The van der Waals surface area contributed by atoms with Gasteiger partial charge in [-0.2, -0.15) is 0 Å². The van der Waals surface area contributed by atoms with Gasteiger partial charge in [0.05, 0.1) is 5.69 Å². The summed E-state index contributed by atoms with van der Waals surface area (Å²) >= 11 is 3.64. The van der Waals surface area contributed by atoms with Crippen LogP contribution in [0, 0.1) is 6.92 Å². The molecule has 0 N–H and O–H groups in total. The Morgan fingerprint density at radius 3 is 2.50 bits per heavy atom. The third-order valence-corrected chi connectivity index (χ3v) is 3.44. The molecule has 0 amide bonds. The van der Waals surface area contributed by atoms with Crippen LogP contribution in [-0.2, 0) is 0 Å². The second-order valence-corrected chi connectivity index (χ2v) is 4.86. The Morgan fingerprint density at radius 2 is 1.86 bits per heavy atom. The fourth-order valence-electron chi connectivity index (χ4n) is 2.00. The van der Waals surface area contributed by atoms with E-state index in [1.165, 1.54) is 48.1 Å². The SMILES string of the molecule is Cc1ccc(N2CCCCC2)c(Br)c1. The number of aryl methyl sites for hydroxylation is 1. The van der Waals surface area contributed by atoms with Gasteiger partial charge in [-0.1, -0.05) is 6.07 Å². The van der Waals surface area contributed by atoms with E-state index in [9.17, 15) is 0 Å². The maximum atomic E-state index is 3.64. The molecule has 0 aliphatic carbocycles. The number of benzene rings is 1. The van der Waals surface area contributed by atoms with Crippen LogP contribution in [0.2, 0.25) is 0 Å². The highest BCUT2D eigenvalue weighted by molar-refractivity contribution is 9.10. The van der Waals surface area contributed by atoms with Gasteiger partial charge in [0, 0.05) is 17.6 Å². The number of hydrogen-bond acceptors (Lipinski definition) is 1. The topological polar surface area (TPSA) is 3.24 Å². The van der Waals surface area contributed by atoms with E-state index in [1.807, 2.05) is 0 Å². The van der Waals surface area contributed by atoms with Crippen molar-refractivity contribution in [1.82, 2.24) is 0 Å². The van der Waals surface area contributed by atoms with Gasteiger partial charge in [-0.25, -0.2) is 0 Å². The lowest BCUT2D eigenvalue weighted by atomic mass is 10.1. The first kappa shape index (κ1) is 10.0. The molecule has 0 radical (unpaired) electrons. The molecule has 2 rings (SSSR count). The van der Waals surface area contributed by atoms with Crippen molar-refractivity contribution in [3.05, 3.63) is 28.2 Å². The molecule has 1 aromatic rings. The van der Waals surface area contributed by atoms with Crippen LogP contribution in [0.5, 0.6) is 0 Å². The molecule has 1 saturated heterocycles. The highest BCUT2D eigenvalue weighted by Crippen LogP contribution is 2.29. The predicted molar refractivity (Wildman–Crippen MR) is 64.9 cm³/mol. The van der Waals surface area contributed by atoms with E-state index in [0.29, 0.717) is 0 Å². The average Bonchev–Trinajstić information content (AvgIpc) is 2.19. The Balaban J connectivity index is 2.22. The van der Waals surface area contributed by atoms with Crippen LogP contribution in [0.1, 0.15) is 24.8 Å². The zero-order valence-electron chi connectivity index (χ0n) is 8.59. The third-order valence-electron chi connectivity index (χ3n) is 2.80. The molecule has 1 fully saturated rings. The van der Waals surface area contributed by atoms with Gasteiger partial charge in [0.1, 0.15) is 0 Å². The summed E-state index contributed by atoms with van der Waals surface area (Å²) < 4.78 is 1.24. The van der Waals surface area contributed by atoms with Gasteiger partial charge in [-0.3, -0.25) is 0 Å². The molecule has 1 nitrogen and oxygen atoms in total. The van der Waals surface area contributed by atoms with E-state index in [0.717, 1.165) is 0 Å². The zero-order chi connectivity index (χ0) is 9.97. The first-order chi connectivity index (χ1) is 6.77. The second kappa shape index (κ2) is 4.35. The van der Waals surface area contributed by atoms with Gasteiger partial charge in [-0.05, 0) is 59.8 Å². The van der Waals surface area contributed by atoms with Crippen molar-refractivity contribution in [1.29, 1.82) is 0 Å². The average molecular weight is 254 g/mol. The Kier molecular flexibility index (Phi) is 3.12. The Labute approximate surface area is 94.2 Å². The summed E-state index contributed by atoms with van der Waals surface area (Å²) in [5.74, 6) is 0. The normalized spacial score (nSPS) is 17.1. The molecule has 1 aliphatic heterocycles. The van der Waals surface area contributed by atoms with Crippen LogP contribution in [0.15, 0.2) is 22.7 Å². The summed E-state index contributed by atoms with van der Waals surface area (Å²) in [6.07, 6.45) is 4.06. The fourth-order valence-corrected chi connectivity index (χ4v) is 2.75. The van der Waals surface area contributed by atoms with Gasteiger partial charge < -0.3 is 4.90 Å². The van der Waals surface area contributed by atoms with Crippen molar-refractivity contribution < 1.29 is 0 Å². The van der Waals surface area contributed by atoms with E-state index in [2.05, 4.69) is 46.0 Å². The molecule has 0 bridgehead atoms. The summed E-state index contributed by atoms with van der Waals surface area (Å²) in [7, 11) is 0. The van der Waals surface area contributed by atoms with Gasteiger partial charge in [0.25, 0.3) is 0 Å². The van der Waals surface area contributed by atoms with Gasteiger partial charge in [-0.15, -0.1) is 0 Å². The number of halogens is 1. The highest BCUT2D eigenvalue weighted by atomic mass is 79.9. The van der Waals surface area contributed by atoms with E-state index in [-0.39, 0.29) is 0 Å². The number of piperidine rings is 1. The second-order valence-electron chi connectivity index (χ2n) is 4.00. The molecule has 1 aromatic carbocycles. The minimum absolute atomic E-state index is 1.21. The van der Waals surface area contributed by atoms with Crippen LogP contribution >= 0.6 is 15.9 Å². The Hall–Kier alpha value is -0.500. The third kappa shape index (κ3) is 2.11. The van der Waals surface area contributed by atoms with Crippen LogP contribution < -0.4 is 4.90 Å². The van der Waals surface area contributed by atoms with Crippen molar-refractivity contribution in [3.63, 3.8) is 0 Å². The summed E-state index contributed by atoms with van der Waals surface area (Å²) in [5, 5.41) is 0. The van der Waals surface area contributed by atoms with Gasteiger partial charge >= 0.3 is 0 Å². The van der Waals surface area contributed by atoms with E-state index in [1.54, 1.807) is 0 Å². The first-order valence-corrected chi connectivity index (χ1v) is 6.08. The molecule has 0 atom stereocenters. The molecule has 1 heterocycles. The molecule has 0 unspecified atom stereocenters. The summed E-state index contributed by atoms with van der Waals surface area (Å²) in [6, 6.07) is 6.61. The van der Waals surface area contributed by atoms with Crippen LogP contribution in [0.3, 0.4) is 0 Å². The van der Waals surface area contributed by atoms with E-state index < -0.39 is 0 Å². The molecule has 76 valence electrons. The monoisotopic (exact) mass is 253 g/mol. The lowest BCUT2D eigenvalue weighted by Gasteiger charge is -2.29. The van der Waals surface area contributed by atoms with Gasteiger partial charge in [0.15, 0.2) is 0 Å². The zero-order valence-corrected chi connectivity index (χ0v) is 10.2. The number of rotatable bonds is 1. The van der Waals surface area contributed by atoms with Crippen LogP contribution in [-0.4, -0.2) is 13.1 Å². The lowest BCUT2D eigenvalue weighted by molar-refractivity contribution is 0.577. The molecular formula is C12H16BrN. The largest absolute Gasteiger partial charge is 0.371 e. The number of hydrogen-bond donors (Lipinski definition) is 0. The van der Waals surface area contributed by atoms with Crippen molar-refractivity contribution in [2.75, 3.05) is 18.0 Å². The fraction of sp³-hybridized carbons (Fsp3) is 0.500. The van der Waals surface area contributed by atoms with E-state index >= 15 is 0 Å². The van der Waals surface area contributed by atoms with Gasteiger partial charge in [0.2, 0.25) is 0 Å². The molecule has 14 heavy (non-hydrogen) atoms. The van der Waals surface area contributed by atoms with Crippen molar-refractivity contribution in [2.24, 2.45) is 0 Å². The standard InChI is InChI=1S/C12H16BrN/c1-10-5-6-12(11(13)9-10)14-7-3-2-4-8-14/h5-6,9H,2-4,7-8H2,1H3. The first-order valence-electron chi connectivity index (χ1n) is 5.28. The molecule has 0 spiro atoms. The van der Waals surface area contributed by atoms with Crippen molar-refractivity contribution in [3.8, 4) is 0 Å². The smallest absolute Gasteiger partial charge is 0.0510 e. The minimum Gasteiger partial charge on any atom is -0.371 e. The number of nitrogens with zero attached hydrogens (tertiary/aromatic N) is 1. The van der Waals surface area contributed by atoms with Crippen molar-refractivity contribution >= 4 is 21.6 Å². The summed E-state index contributed by atoms with van der Waals surface area (Å²) in [5.41, 5.74) is 2.67. The molecular weight excluding hydrogens is 238 g/mol. The quantitative estimate of drug-likeness (QED) is 0.737.